The minimum absolute atomic E-state index is 1.34. The summed E-state index contributed by atoms with van der Waals surface area (Å²) in [7, 11) is -2.62. The first-order chi connectivity index (χ1) is 9.66. The molecule has 0 spiro atoms. The van der Waals surface area contributed by atoms with E-state index < -0.39 is 10.9 Å². The van der Waals surface area contributed by atoms with E-state index in [1.54, 1.807) is 0 Å². The first-order valence-electron chi connectivity index (χ1n) is 6.18. The maximum atomic E-state index is 8.81. The average molecular weight is 283 g/mol. The molecule has 0 saturated carbocycles. The molecule has 4 heteroatoms. The van der Waals surface area contributed by atoms with Crippen molar-refractivity contribution in [2.45, 2.75) is 0 Å². The molecule has 0 radical (unpaired) electrons. The van der Waals surface area contributed by atoms with Gasteiger partial charge < -0.3 is 0 Å². The van der Waals surface area contributed by atoms with Crippen LogP contribution in [-0.4, -0.2) is 8.42 Å². The van der Waals surface area contributed by atoms with Crippen molar-refractivity contribution in [3.05, 3.63) is 60.7 Å². The summed E-state index contributed by atoms with van der Waals surface area (Å²) in [5.41, 5.74) is 0. The van der Waals surface area contributed by atoms with E-state index in [1.165, 1.54) is 32.3 Å². The smallest absolute Gasteiger partial charge is 0.198 e. The van der Waals surface area contributed by atoms with E-state index in [1.807, 2.05) is 0 Å². The zero-order valence-corrected chi connectivity index (χ0v) is 11.5. The highest BCUT2D eigenvalue weighted by molar-refractivity contribution is 7.69. The van der Waals surface area contributed by atoms with Gasteiger partial charge in [0.15, 0.2) is 10.9 Å². The van der Waals surface area contributed by atoms with E-state index >= 15 is 0 Å². The lowest BCUT2D eigenvalue weighted by Crippen LogP contribution is -1.85. The summed E-state index contributed by atoms with van der Waals surface area (Å²) >= 11 is 0. The predicted molar refractivity (Wildman–Crippen MR) is 84.6 cm³/mol. The molecule has 4 rings (SSSR count). The highest BCUT2D eigenvalue weighted by Gasteiger charge is 2.05. The zero-order chi connectivity index (χ0) is 14.1. The normalized spacial score (nSPS) is 11.1. The Morgan fingerprint density at radius 1 is 0.600 bits per heavy atom. The van der Waals surface area contributed by atoms with E-state index in [-0.39, 0.29) is 0 Å². The first-order valence-corrected chi connectivity index (χ1v) is 7.43. The van der Waals surface area contributed by atoms with Crippen LogP contribution in [-0.2, 0) is 10.9 Å². The standard InChI is InChI=1S/C16H10.H3NO2S/c1-3-11-7-9-13-5-2-6-14-10-8-12(4-1)15(11)16(13)14;1-4(2)3/h1-10H;4H,(H2,1,2,3). The van der Waals surface area contributed by atoms with Gasteiger partial charge in [0.2, 0.25) is 0 Å². The van der Waals surface area contributed by atoms with Crippen molar-refractivity contribution < 1.29 is 8.42 Å². The third kappa shape index (κ3) is 2.19. The largest absolute Gasteiger partial charge is 0.231 e. The molecule has 4 aromatic carbocycles. The van der Waals surface area contributed by atoms with Gasteiger partial charge in [-0.25, -0.2) is 13.6 Å². The summed E-state index contributed by atoms with van der Waals surface area (Å²) in [6.45, 7) is 0. The minimum atomic E-state index is -2.62. The number of nitrogens with two attached hydrogens (primary N) is 1. The molecule has 0 heterocycles. The molecule has 0 aromatic heterocycles. The van der Waals surface area contributed by atoms with Gasteiger partial charge >= 0.3 is 0 Å². The Morgan fingerprint density at radius 3 is 1.10 bits per heavy atom. The molecule has 0 aliphatic heterocycles. The van der Waals surface area contributed by atoms with Crippen molar-refractivity contribution in [3.63, 3.8) is 0 Å². The van der Waals surface area contributed by atoms with Crippen LogP contribution < -0.4 is 5.14 Å². The number of benzene rings is 4. The topological polar surface area (TPSA) is 60.2 Å². The van der Waals surface area contributed by atoms with Gasteiger partial charge in [-0.15, -0.1) is 0 Å². The second-order valence-electron chi connectivity index (χ2n) is 4.57. The molecule has 0 fully saturated rings. The molecule has 4 aromatic rings. The summed E-state index contributed by atoms with van der Waals surface area (Å²) in [5.74, 6) is 0. The van der Waals surface area contributed by atoms with Gasteiger partial charge in [-0.05, 0) is 32.3 Å². The van der Waals surface area contributed by atoms with Crippen LogP contribution in [0.5, 0.6) is 0 Å². The van der Waals surface area contributed by atoms with Crippen molar-refractivity contribution in [3.8, 4) is 0 Å². The Hall–Kier alpha value is -2.17. The second-order valence-corrected chi connectivity index (χ2v) is 5.15. The molecule has 2 N–H and O–H groups in total. The molecular formula is C16H13NO2S. The fourth-order valence-corrected chi connectivity index (χ4v) is 2.67. The van der Waals surface area contributed by atoms with Gasteiger partial charge in [0.1, 0.15) is 0 Å². The van der Waals surface area contributed by atoms with Gasteiger partial charge in [0.05, 0.1) is 0 Å². The Bertz CT molecular complexity index is 823. The lowest BCUT2D eigenvalue weighted by atomic mass is 9.95. The average Bonchev–Trinajstić information content (AvgIpc) is 2.44. The highest BCUT2D eigenvalue weighted by atomic mass is 32.2. The molecule has 100 valence electrons. The van der Waals surface area contributed by atoms with E-state index in [2.05, 4.69) is 65.8 Å². The molecule has 0 unspecified atom stereocenters. The Balaban J connectivity index is 0.000000272. The SMILES string of the molecule is N[SH](=O)=O.c1cc2ccc3cccc4ccc(c1)c2c34. The summed E-state index contributed by atoms with van der Waals surface area (Å²) < 4.78 is 17.6. The summed E-state index contributed by atoms with van der Waals surface area (Å²) in [4.78, 5) is 0. The van der Waals surface area contributed by atoms with E-state index in [9.17, 15) is 0 Å². The molecule has 0 bridgehead atoms. The number of hydrogen-bond donors (Lipinski definition) is 2. The zero-order valence-electron chi connectivity index (χ0n) is 10.6. The van der Waals surface area contributed by atoms with Gasteiger partial charge in [-0.3, -0.25) is 0 Å². The van der Waals surface area contributed by atoms with Crippen LogP contribution in [0.2, 0.25) is 0 Å². The summed E-state index contributed by atoms with van der Waals surface area (Å²) in [6, 6.07) is 21.9. The lowest BCUT2D eigenvalue weighted by molar-refractivity contribution is 0.616. The molecule has 0 saturated heterocycles. The third-order valence-corrected chi connectivity index (χ3v) is 3.39. The number of rotatable bonds is 0. The fourth-order valence-electron chi connectivity index (χ4n) is 2.67. The highest BCUT2D eigenvalue weighted by Crippen LogP contribution is 2.33. The fraction of sp³-hybridized carbons (Fsp3) is 0. The van der Waals surface area contributed by atoms with Crippen LogP contribution in [0.1, 0.15) is 0 Å². The molecule has 0 aliphatic rings. The molecular weight excluding hydrogens is 270 g/mol. The van der Waals surface area contributed by atoms with Gasteiger partial charge in [-0.2, -0.15) is 0 Å². The van der Waals surface area contributed by atoms with Crippen LogP contribution >= 0.6 is 0 Å². The summed E-state index contributed by atoms with van der Waals surface area (Å²) in [6.07, 6.45) is 0. The Morgan fingerprint density at radius 2 is 0.850 bits per heavy atom. The van der Waals surface area contributed by atoms with E-state index in [4.69, 9.17) is 8.42 Å². The van der Waals surface area contributed by atoms with Crippen LogP contribution in [0.25, 0.3) is 32.3 Å². The van der Waals surface area contributed by atoms with Crippen LogP contribution in [0.4, 0.5) is 0 Å². The Labute approximate surface area is 118 Å². The predicted octanol–water partition coefficient (Wildman–Crippen LogP) is 3.06. The Kier molecular flexibility index (Phi) is 3.26. The van der Waals surface area contributed by atoms with Gasteiger partial charge in [-0.1, -0.05) is 60.7 Å². The lowest BCUT2D eigenvalue weighted by Gasteiger charge is -2.09. The summed E-state index contributed by atoms with van der Waals surface area (Å²) in [5, 5.41) is 12.2. The van der Waals surface area contributed by atoms with Crippen molar-refractivity contribution >= 4 is 43.2 Å². The first kappa shape index (κ1) is 12.8. The second kappa shape index (κ2) is 5.07. The van der Waals surface area contributed by atoms with Crippen molar-refractivity contribution in [1.29, 1.82) is 0 Å². The van der Waals surface area contributed by atoms with E-state index in [0.29, 0.717) is 0 Å². The van der Waals surface area contributed by atoms with Crippen LogP contribution in [0.15, 0.2) is 60.7 Å². The maximum absolute atomic E-state index is 8.81. The molecule has 0 aliphatic carbocycles. The van der Waals surface area contributed by atoms with Crippen LogP contribution in [0, 0.1) is 0 Å². The third-order valence-electron chi connectivity index (χ3n) is 3.39. The van der Waals surface area contributed by atoms with Crippen molar-refractivity contribution in [2.75, 3.05) is 0 Å². The number of thiol groups is 1. The maximum Gasteiger partial charge on any atom is 0.198 e. The molecule has 0 amide bonds. The molecule has 20 heavy (non-hydrogen) atoms. The molecule has 3 nitrogen and oxygen atoms in total. The molecule has 0 atom stereocenters. The van der Waals surface area contributed by atoms with Gasteiger partial charge in [0, 0.05) is 0 Å². The number of hydrogen-bond acceptors (Lipinski definition) is 2. The minimum Gasteiger partial charge on any atom is -0.231 e. The van der Waals surface area contributed by atoms with E-state index in [0.717, 1.165) is 0 Å². The quantitative estimate of drug-likeness (QED) is 0.385. The monoisotopic (exact) mass is 283 g/mol. The van der Waals surface area contributed by atoms with Crippen LogP contribution in [0.3, 0.4) is 0 Å². The van der Waals surface area contributed by atoms with Crippen molar-refractivity contribution in [1.82, 2.24) is 0 Å². The van der Waals surface area contributed by atoms with Crippen molar-refractivity contribution in [2.24, 2.45) is 5.14 Å². The van der Waals surface area contributed by atoms with Gasteiger partial charge in [0.25, 0.3) is 0 Å².